The molecular weight excluding hydrogens is 234 g/mol. The lowest BCUT2D eigenvalue weighted by Crippen LogP contribution is -2.39. The highest BCUT2D eigenvalue weighted by molar-refractivity contribution is 5.33. The molecule has 2 atom stereocenters. The fourth-order valence-corrected chi connectivity index (χ4v) is 3.30. The second kappa shape index (κ2) is 6.95. The molecule has 0 radical (unpaired) electrons. The lowest BCUT2D eigenvalue weighted by molar-refractivity contribution is 0.345. The Labute approximate surface area is 117 Å². The van der Waals surface area contributed by atoms with Gasteiger partial charge >= 0.3 is 0 Å². The van der Waals surface area contributed by atoms with Crippen LogP contribution in [-0.2, 0) is 6.42 Å². The summed E-state index contributed by atoms with van der Waals surface area (Å²) in [5.74, 6) is 1.88. The summed E-state index contributed by atoms with van der Waals surface area (Å²) in [7, 11) is 1.75. The van der Waals surface area contributed by atoms with E-state index in [2.05, 4.69) is 31.3 Å². The van der Waals surface area contributed by atoms with Crippen LogP contribution in [0.3, 0.4) is 0 Å². The van der Waals surface area contributed by atoms with Crippen LogP contribution in [0.2, 0.25) is 0 Å². The molecule has 106 valence electrons. The first kappa shape index (κ1) is 14.4. The van der Waals surface area contributed by atoms with Gasteiger partial charge in [-0.05, 0) is 50.7 Å². The third kappa shape index (κ3) is 3.97. The Bertz CT molecular complexity index is 385. The molecule has 2 nitrogen and oxygen atoms in total. The van der Waals surface area contributed by atoms with Crippen molar-refractivity contribution in [3.8, 4) is 5.75 Å². The maximum absolute atomic E-state index is 5.42. The van der Waals surface area contributed by atoms with Gasteiger partial charge in [0.1, 0.15) is 5.75 Å². The van der Waals surface area contributed by atoms with Crippen LogP contribution in [0.1, 0.15) is 45.1 Å². The van der Waals surface area contributed by atoms with Crippen LogP contribution < -0.4 is 10.1 Å². The standard InChI is InChI=1S/C17H27NO/c1-13(18-14(2)15-8-4-5-9-15)12-16-10-6-7-11-17(16)19-3/h6-7,10-11,13-15,18H,4-5,8-9,12H2,1-3H3/t13?,14-/m1/s1. The summed E-state index contributed by atoms with van der Waals surface area (Å²) in [6, 6.07) is 9.45. The molecule has 0 aromatic heterocycles. The molecule has 1 aromatic carbocycles. The van der Waals surface area contributed by atoms with Gasteiger partial charge in [-0.25, -0.2) is 0 Å². The molecule has 1 unspecified atom stereocenters. The summed E-state index contributed by atoms with van der Waals surface area (Å²) >= 11 is 0. The third-order valence-electron chi connectivity index (χ3n) is 4.37. The Morgan fingerprint density at radius 3 is 2.58 bits per heavy atom. The van der Waals surface area contributed by atoms with Crippen LogP contribution in [0, 0.1) is 5.92 Å². The van der Waals surface area contributed by atoms with E-state index in [0.29, 0.717) is 12.1 Å². The Hall–Kier alpha value is -1.02. The highest BCUT2D eigenvalue weighted by Crippen LogP contribution is 2.28. The largest absolute Gasteiger partial charge is 0.496 e. The molecule has 2 rings (SSSR count). The van der Waals surface area contributed by atoms with Crippen LogP contribution in [0.4, 0.5) is 0 Å². The first-order valence-corrected chi connectivity index (χ1v) is 7.58. The summed E-state index contributed by atoms with van der Waals surface area (Å²) in [5, 5.41) is 3.77. The zero-order chi connectivity index (χ0) is 13.7. The van der Waals surface area contributed by atoms with Crippen molar-refractivity contribution in [1.82, 2.24) is 5.32 Å². The van der Waals surface area contributed by atoms with Gasteiger partial charge in [0.05, 0.1) is 7.11 Å². The van der Waals surface area contributed by atoms with E-state index in [-0.39, 0.29) is 0 Å². The molecule has 2 heteroatoms. The zero-order valence-electron chi connectivity index (χ0n) is 12.5. The van der Waals surface area contributed by atoms with E-state index in [9.17, 15) is 0 Å². The summed E-state index contributed by atoms with van der Waals surface area (Å²) in [6.07, 6.45) is 6.65. The predicted octanol–water partition coefficient (Wildman–Crippen LogP) is 3.79. The number of para-hydroxylation sites is 1. The molecule has 0 bridgehead atoms. The number of rotatable bonds is 6. The van der Waals surface area contributed by atoms with Crippen molar-refractivity contribution in [3.05, 3.63) is 29.8 Å². The van der Waals surface area contributed by atoms with Crippen LogP contribution in [0.15, 0.2) is 24.3 Å². The Morgan fingerprint density at radius 2 is 1.89 bits per heavy atom. The van der Waals surface area contributed by atoms with E-state index in [1.165, 1.54) is 31.2 Å². The zero-order valence-corrected chi connectivity index (χ0v) is 12.5. The van der Waals surface area contributed by atoms with E-state index < -0.39 is 0 Å². The summed E-state index contributed by atoms with van der Waals surface area (Å²) < 4.78 is 5.42. The van der Waals surface area contributed by atoms with E-state index in [4.69, 9.17) is 4.74 Å². The number of hydrogen-bond donors (Lipinski definition) is 1. The monoisotopic (exact) mass is 261 g/mol. The van der Waals surface area contributed by atoms with Gasteiger partial charge in [-0.1, -0.05) is 31.0 Å². The van der Waals surface area contributed by atoms with Crippen LogP contribution in [0.5, 0.6) is 5.75 Å². The van der Waals surface area contributed by atoms with Gasteiger partial charge < -0.3 is 10.1 Å². The quantitative estimate of drug-likeness (QED) is 0.841. The van der Waals surface area contributed by atoms with Crippen molar-refractivity contribution in [2.75, 3.05) is 7.11 Å². The number of methoxy groups -OCH3 is 1. The summed E-state index contributed by atoms with van der Waals surface area (Å²) in [6.45, 7) is 4.62. The summed E-state index contributed by atoms with van der Waals surface area (Å²) in [4.78, 5) is 0. The fourth-order valence-electron chi connectivity index (χ4n) is 3.30. The van der Waals surface area contributed by atoms with Gasteiger partial charge in [-0.2, -0.15) is 0 Å². The minimum atomic E-state index is 0.492. The Balaban J connectivity index is 1.87. The van der Waals surface area contributed by atoms with Crippen molar-refractivity contribution >= 4 is 0 Å². The van der Waals surface area contributed by atoms with E-state index in [1.54, 1.807) is 7.11 Å². The molecule has 1 saturated carbocycles. The number of ether oxygens (including phenoxy) is 1. The molecule has 1 aliphatic rings. The van der Waals surface area contributed by atoms with Crippen molar-refractivity contribution < 1.29 is 4.74 Å². The Kier molecular flexibility index (Phi) is 5.26. The minimum Gasteiger partial charge on any atom is -0.496 e. The molecule has 1 aliphatic carbocycles. The van der Waals surface area contributed by atoms with E-state index in [1.807, 2.05) is 12.1 Å². The maximum Gasteiger partial charge on any atom is 0.122 e. The molecule has 0 aliphatic heterocycles. The average molecular weight is 261 g/mol. The normalized spacial score (nSPS) is 19.3. The first-order valence-electron chi connectivity index (χ1n) is 7.58. The molecule has 0 spiro atoms. The van der Waals surface area contributed by atoms with E-state index >= 15 is 0 Å². The van der Waals surface area contributed by atoms with Gasteiger partial charge in [0.2, 0.25) is 0 Å². The van der Waals surface area contributed by atoms with Gasteiger partial charge in [-0.15, -0.1) is 0 Å². The number of benzene rings is 1. The van der Waals surface area contributed by atoms with Crippen molar-refractivity contribution in [2.24, 2.45) is 5.92 Å². The van der Waals surface area contributed by atoms with Crippen LogP contribution in [0.25, 0.3) is 0 Å². The first-order chi connectivity index (χ1) is 9.20. The molecule has 0 saturated heterocycles. The maximum atomic E-state index is 5.42. The Morgan fingerprint density at radius 1 is 1.21 bits per heavy atom. The van der Waals surface area contributed by atoms with Gasteiger partial charge in [0.15, 0.2) is 0 Å². The molecule has 19 heavy (non-hydrogen) atoms. The molecule has 0 amide bonds. The molecular formula is C17H27NO. The second-order valence-corrected chi connectivity index (χ2v) is 5.92. The van der Waals surface area contributed by atoms with Gasteiger partial charge in [-0.3, -0.25) is 0 Å². The van der Waals surface area contributed by atoms with Crippen molar-refractivity contribution in [2.45, 2.75) is 58.0 Å². The van der Waals surface area contributed by atoms with E-state index in [0.717, 1.165) is 18.1 Å². The van der Waals surface area contributed by atoms with Crippen molar-refractivity contribution in [1.29, 1.82) is 0 Å². The molecule has 1 fully saturated rings. The lowest BCUT2D eigenvalue weighted by atomic mass is 9.97. The van der Waals surface area contributed by atoms with Gasteiger partial charge in [0, 0.05) is 12.1 Å². The number of nitrogens with one attached hydrogen (secondary N) is 1. The second-order valence-electron chi connectivity index (χ2n) is 5.92. The van der Waals surface area contributed by atoms with Gasteiger partial charge in [0.25, 0.3) is 0 Å². The molecule has 1 N–H and O–H groups in total. The topological polar surface area (TPSA) is 21.3 Å². The van der Waals surface area contributed by atoms with Crippen molar-refractivity contribution in [3.63, 3.8) is 0 Å². The smallest absolute Gasteiger partial charge is 0.122 e. The summed E-state index contributed by atoms with van der Waals surface area (Å²) in [5.41, 5.74) is 1.30. The van der Waals surface area contributed by atoms with Crippen LogP contribution >= 0.6 is 0 Å². The van der Waals surface area contributed by atoms with Crippen LogP contribution in [-0.4, -0.2) is 19.2 Å². The average Bonchev–Trinajstić information content (AvgIpc) is 2.93. The number of hydrogen-bond acceptors (Lipinski definition) is 2. The minimum absolute atomic E-state index is 0.492. The SMILES string of the molecule is COc1ccccc1CC(C)N[C@H](C)C1CCCC1. The molecule has 0 heterocycles. The third-order valence-corrected chi connectivity index (χ3v) is 4.37. The fraction of sp³-hybridized carbons (Fsp3) is 0.647. The lowest BCUT2D eigenvalue weighted by Gasteiger charge is -2.25. The highest BCUT2D eigenvalue weighted by Gasteiger charge is 2.22. The molecule has 1 aromatic rings. The predicted molar refractivity (Wildman–Crippen MR) is 80.7 cm³/mol. The highest BCUT2D eigenvalue weighted by atomic mass is 16.5.